The summed E-state index contributed by atoms with van der Waals surface area (Å²) in [6, 6.07) is 16.9. The molecule has 0 saturated carbocycles. The van der Waals surface area contributed by atoms with Crippen LogP contribution in [0.5, 0.6) is 5.75 Å². The van der Waals surface area contributed by atoms with E-state index in [0.29, 0.717) is 0 Å². The van der Waals surface area contributed by atoms with Gasteiger partial charge in [-0.3, -0.25) is 4.79 Å². The minimum absolute atomic E-state index is 0.105. The van der Waals surface area contributed by atoms with Crippen molar-refractivity contribution in [1.82, 2.24) is 10.2 Å². The molecule has 7 heteroatoms. The van der Waals surface area contributed by atoms with Crippen LogP contribution in [0.3, 0.4) is 0 Å². The van der Waals surface area contributed by atoms with Gasteiger partial charge in [-0.15, -0.1) is 10.2 Å². The van der Waals surface area contributed by atoms with Crippen molar-refractivity contribution >= 4 is 34.7 Å². The summed E-state index contributed by atoms with van der Waals surface area (Å²) in [5.41, 5.74) is 3.30. The molecule has 1 unspecified atom stereocenters. The molecule has 0 radical (unpaired) electrons. The molecule has 1 heterocycles. The molecule has 0 bridgehead atoms. The van der Waals surface area contributed by atoms with Gasteiger partial charge in [0.1, 0.15) is 16.5 Å². The number of benzene rings is 2. The molecule has 1 N–H and O–H groups in total. The average molecular weight is 357 g/mol. The number of rotatable bonds is 6. The molecule has 5 nitrogen and oxygen atoms in total. The van der Waals surface area contributed by atoms with Gasteiger partial charge in [0.25, 0.3) is 0 Å². The van der Waals surface area contributed by atoms with Crippen LogP contribution in [0.1, 0.15) is 10.8 Å². The van der Waals surface area contributed by atoms with Crippen LogP contribution >= 0.6 is 23.1 Å². The zero-order chi connectivity index (χ0) is 16.8. The highest BCUT2D eigenvalue weighted by molar-refractivity contribution is 8.01. The van der Waals surface area contributed by atoms with Crippen molar-refractivity contribution in [3.05, 3.63) is 65.7 Å². The Bertz CT molecular complexity index is 777. The Hall–Kier alpha value is -2.38. The lowest BCUT2D eigenvalue weighted by atomic mass is 10.1. The molecule has 0 saturated heterocycles. The summed E-state index contributed by atoms with van der Waals surface area (Å²) >= 11 is 2.81. The Labute approximate surface area is 148 Å². The number of hydrogen-bond acceptors (Lipinski definition) is 6. The number of carbonyl (C=O) groups is 1. The van der Waals surface area contributed by atoms with Gasteiger partial charge >= 0.3 is 0 Å². The van der Waals surface area contributed by atoms with Gasteiger partial charge in [-0.1, -0.05) is 53.4 Å². The molecule has 0 fully saturated rings. The minimum atomic E-state index is -0.402. The first kappa shape index (κ1) is 16.5. The van der Waals surface area contributed by atoms with Crippen molar-refractivity contribution in [3.63, 3.8) is 0 Å². The first-order valence-electron chi connectivity index (χ1n) is 7.19. The van der Waals surface area contributed by atoms with E-state index in [1.165, 1.54) is 23.1 Å². The van der Waals surface area contributed by atoms with Gasteiger partial charge in [-0.05, 0) is 29.8 Å². The van der Waals surface area contributed by atoms with E-state index in [-0.39, 0.29) is 5.91 Å². The van der Waals surface area contributed by atoms with E-state index < -0.39 is 5.25 Å². The number of ether oxygens (including phenoxy) is 1. The summed E-state index contributed by atoms with van der Waals surface area (Å²) in [6.45, 7) is 0. The van der Waals surface area contributed by atoms with Gasteiger partial charge in [-0.25, -0.2) is 0 Å². The summed E-state index contributed by atoms with van der Waals surface area (Å²) in [7, 11) is 1.61. The summed E-state index contributed by atoms with van der Waals surface area (Å²) < 4.78 is 5.89. The Morgan fingerprint density at radius 3 is 2.54 bits per heavy atom. The second-order valence-corrected chi connectivity index (χ2v) is 7.02. The maximum atomic E-state index is 12.8. The number of methoxy groups -OCH3 is 1. The summed E-state index contributed by atoms with van der Waals surface area (Å²) in [5, 5.41) is 10.4. The lowest BCUT2D eigenvalue weighted by Crippen LogP contribution is -2.19. The van der Waals surface area contributed by atoms with E-state index in [1.807, 2.05) is 54.6 Å². The van der Waals surface area contributed by atoms with E-state index in [1.54, 1.807) is 12.6 Å². The number of carbonyl (C=O) groups excluding carboxylic acids is 1. The standard InChI is InChI=1S/C17H15N3O2S2/c1-22-14-9-7-13(8-10-14)19-16(21)15(12-5-3-2-4-6-12)24-17-20-18-11-23-17/h2-11,15H,1H3,(H,19,21). The summed E-state index contributed by atoms with van der Waals surface area (Å²) in [6.07, 6.45) is 0. The molecular weight excluding hydrogens is 342 g/mol. The third-order valence-electron chi connectivity index (χ3n) is 3.26. The molecule has 1 aromatic heterocycles. The monoisotopic (exact) mass is 357 g/mol. The smallest absolute Gasteiger partial charge is 0.242 e. The highest BCUT2D eigenvalue weighted by Crippen LogP contribution is 2.36. The molecular formula is C17H15N3O2S2. The number of anilines is 1. The predicted octanol–water partition coefficient (Wildman–Crippen LogP) is 4.02. The highest BCUT2D eigenvalue weighted by atomic mass is 32.2. The lowest BCUT2D eigenvalue weighted by Gasteiger charge is -2.15. The first-order valence-corrected chi connectivity index (χ1v) is 8.95. The lowest BCUT2D eigenvalue weighted by molar-refractivity contribution is -0.115. The fraction of sp³-hybridized carbons (Fsp3) is 0.118. The maximum Gasteiger partial charge on any atom is 0.242 e. The summed E-state index contributed by atoms with van der Waals surface area (Å²) in [4.78, 5) is 12.8. The van der Waals surface area contributed by atoms with E-state index in [2.05, 4.69) is 15.5 Å². The van der Waals surface area contributed by atoms with E-state index in [0.717, 1.165) is 21.3 Å². The molecule has 0 spiro atoms. The van der Waals surface area contributed by atoms with Crippen molar-refractivity contribution in [3.8, 4) is 5.75 Å². The van der Waals surface area contributed by atoms with Gasteiger partial charge in [-0.2, -0.15) is 0 Å². The molecule has 1 amide bonds. The second kappa shape index (κ2) is 7.94. The number of aromatic nitrogens is 2. The number of amides is 1. The van der Waals surface area contributed by atoms with Crippen LogP contribution in [-0.2, 0) is 4.79 Å². The minimum Gasteiger partial charge on any atom is -0.497 e. The van der Waals surface area contributed by atoms with Gasteiger partial charge in [0.15, 0.2) is 4.34 Å². The van der Waals surface area contributed by atoms with E-state index in [4.69, 9.17) is 4.74 Å². The number of nitrogens with one attached hydrogen (secondary N) is 1. The van der Waals surface area contributed by atoms with Crippen molar-refractivity contribution in [1.29, 1.82) is 0 Å². The van der Waals surface area contributed by atoms with Crippen LogP contribution in [0, 0.1) is 0 Å². The predicted molar refractivity (Wildman–Crippen MR) is 96.6 cm³/mol. The fourth-order valence-corrected chi connectivity index (χ4v) is 3.77. The molecule has 0 aliphatic carbocycles. The Balaban J connectivity index is 1.79. The molecule has 3 aromatic rings. The third-order valence-corrected chi connectivity index (χ3v) is 5.32. The maximum absolute atomic E-state index is 12.8. The molecule has 24 heavy (non-hydrogen) atoms. The number of nitrogens with zero attached hydrogens (tertiary/aromatic N) is 2. The Morgan fingerprint density at radius 1 is 1.17 bits per heavy atom. The summed E-state index contributed by atoms with van der Waals surface area (Å²) in [5.74, 6) is 0.641. The van der Waals surface area contributed by atoms with Crippen molar-refractivity contribution in [2.75, 3.05) is 12.4 Å². The van der Waals surface area contributed by atoms with E-state index >= 15 is 0 Å². The topological polar surface area (TPSA) is 64.1 Å². The normalized spacial score (nSPS) is 11.7. The molecule has 2 aromatic carbocycles. The number of thioether (sulfide) groups is 1. The average Bonchev–Trinajstić information content (AvgIpc) is 3.14. The molecule has 3 rings (SSSR count). The molecule has 0 aliphatic heterocycles. The highest BCUT2D eigenvalue weighted by Gasteiger charge is 2.23. The Morgan fingerprint density at radius 2 is 1.92 bits per heavy atom. The van der Waals surface area contributed by atoms with Gasteiger partial charge in [0.05, 0.1) is 7.11 Å². The Kier molecular flexibility index (Phi) is 5.45. The molecule has 0 aliphatic rings. The first-order chi connectivity index (χ1) is 11.8. The SMILES string of the molecule is COc1ccc(NC(=O)C(Sc2nncs2)c2ccccc2)cc1. The van der Waals surface area contributed by atoms with Crippen LogP contribution in [0.2, 0.25) is 0 Å². The van der Waals surface area contributed by atoms with Crippen LogP contribution in [0.15, 0.2) is 64.4 Å². The molecule has 122 valence electrons. The van der Waals surface area contributed by atoms with Crippen LogP contribution < -0.4 is 10.1 Å². The van der Waals surface area contributed by atoms with Crippen molar-refractivity contribution in [2.24, 2.45) is 0 Å². The zero-order valence-corrected chi connectivity index (χ0v) is 14.5. The van der Waals surface area contributed by atoms with Crippen molar-refractivity contribution < 1.29 is 9.53 Å². The zero-order valence-electron chi connectivity index (χ0n) is 12.9. The van der Waals surface area contributed by atoms with Crippen LogP contribution in [0.25, 0.3) is 0 Å². The largest absolute Gasteiger partial charge is 0.497 e. The van der Waals surface area contributed by atoms with Crippen molar-refractivity contribution in [2.45, 2.75) is 9.59 Å². The van der Waals surface area contributed by atoms with Gasteiger partial charge < -0.3 is 10.1 Å². The van der Waals surface area contributed by atoms with Crippen LogP contribution in [0.4, 0.5) is 5.69 Å². The quantitative estimate of drug-likeness (QED) is 0.675. The fourth-order valence-electron chi connectivity index (χ4n) is 2.10. The van der Waals surface area contributed by atoms with E-state index in [9.17, 15) is 4.79 Å². The molecule has 1 atom stereocenters. The van der Waals surface area contributed by atoms with Gasteiger partial charge in [0, 0.05) is 5.69 Å². The number of hydrogen-bond donors (Lipinski definition) is 1. The third kappa shape index (κ3) is 4.12. The van der Waals surface area contributed by atoms with Gasteiger partial charge in [0.2, 0.25) is 5.91 Å². The second-order valence-electron chi connectivity index (χ2n) is 4.83. The van der Waals surface area contributed by atoms with Crippen LogP contribution in [-0.4, -0.2) is 23.2 Å².